The molecule has 15 heavy (non-hydrogen) atoms. The number of hydrogen-bond acceptors (Lipinski definition) is 4. The molecule has 1 aromatic heterocycles. The number of aromatic nitrogens is 1. The van der Waals surface area contributed by atoms with Crippen LogP contribution in [-0.2, 0) is 15.6 Å². The Balaban J connectivity index is 2.27. The summed E-state index contributed by atoms with van der Waals surface area (Å²) in [6, 6.07) is 0. The average Bonchev–Trinajstić information content (AvgIpc) is 2.51. The van der Waals surface area contributed by atoms with Gasteiger partial charge in [0.2, 0.25) is 0 Å². The lowest BCUT2D eigenvalue weighted by atomic mass is 9.87. The van der Waals surface area contributed by atoms with Gasteiger partial charge in [-0.2, -0.15) is 0 Å². The summed E-state index contributed by atoms with van der Waals surface area (Å²) in [5.74, 6) is 0. The molecule has 0 aliphatic carbocycles. The number of thiazole rings is 1. The molecule has 0 radical (unpaired) electrons. The molecule has 1 aromatic rings. The van der Waals surface area contributed by atoms with Gasteiger partial charge in [-0.05, 0) is 0 Å². The van der Waals surface area contributed by atoms with E-state index in [0.717, 1.165) is 10.7 Å². The van der Waals surface area contributed by atoms with Gasteiger partial charge in [0.25, 0.3) is 0 Å². The first kappa shape index (κ1) is 11.0. The quantitative estimate of drug-likeness (QED) is 0.836. The van der Waals surface area contributed by atoms with Gasteiger partial charge < -0.3 is 9.84 Å². The van der Waals surface area contributed by atoms with E-state index in [1.165, 1.54) is 0 Å². The lowest BCUT2D eigenvalue weighted by molar-refractivity contribution is -0.0842. The highest BCUT2D eigenvalue weighted by atomic mass is 32.1. The maximum atomic E-state index is 9.39. The van der Waals surface area contributed by atoms with Crippen LogP contribution >= 0.6 is 11.3 Å². The first-order chi connectivity index (χ1) is 6.98. The third-order valence-corrected chi connectivity index (χ3v) is 3.87. The van der Waals surface area contributed by atoms with Crippen LogP contribution in [0.2, 0.25) is 0 Å². The van der Waals surface area contributed by atoms with Gasteiger partial charge in [-0.25, -0.2) is 4.98 Å². The molecule has 1 saturated heterocycles. The van der Waals surface area contributed by atoms with E-state index >= 15 is 0 Å². The van der Waals surface area contributed by atoms with Crippen LogP contribution in [-0.4, -0.2) is 29.9 Å². The summed E-state index contributed by atoms with van der Waals surface area (Å²) in [6.45, 7) is 7.77. The molecule has 0 saturated carbocycles. The Morgan fingerprint density at radius 3 is 2.53 bits per heavy atom. The maximum absolute atomic E-state index is 9.39. The van der Waals surface area contributed by atoms with Gasteiger partial charge in [0.05, 0.1) is 30.9 Å². The largest absolute Gasteiger partial charge is 0.395 e. The van der Waals surface area contributed by atoms with Crippen LogP contribution in [0.3, 0.4) is 0 Å². The summed E-state index contributed by atoms with van der Waals surface area (Å²) in [5, 5.41) is 12.5. The highest BCUT2D eigenvalue weighted by molar-refractivity contribution is 7.09. The predicted molar refractivity (Wildman–Crippen MR) is 60.4 cm³/mol. The van der Waals surface area contributed by atoms with Gasteiger partial charge in [0.15, 0.2) is 0 Å². The minimum atomic E-state index is -0.214. The number of ether oxygens (including phenoxy) is 1. The molecule has 0 bridgehead atoms. The second-order valence-electron chi connectivity index (χ2n) is 5.22. The van der Waals surface area contributed by atoms with Crippen LogP contribution in [0.15, 0.2) is 5.38 Å². The summed E-state index contributed by atoms with van der Waals surface area (Å²) < 4.78 is 5.19. The predicted octanol–water partition coefficient (Wildman–Crippen LogP) is 1.70. The molecule has 1 N–H and O–H groups in total. The second kappa shape index (κ2) is 3.54. The third kappa shape index (κ3) is 1.82. The lowest BCUT2D eigenvalue weighted by Gasteiger charge is -2.37. The van der Waals surface area contributed by atoms with Gasteiger partial charge in [0.1, 0.15) is 5.01 Å². The molecule has 0 unspecified atom stereocenters. The van der Waals surface area contributed by atoms with Crippen LogP contribution in [0.5, 0.6) is 0 Å². The van der Waals surface area contributed by atoms with Crippen molar-refractivity contribution in [2.45, 2.75) is 31.6 Å². The van der Waals surface area contributed by atoms with Crippen LogP contribution < -0.4 is 0 Å². The Kier molecular flexibility index (Phi) is 2.61. The molecule has 1 aliphatic heterocycles. The molecular weight excluding hydrogens is 210 g/mol. The third-order valence-electron chi connectivity index (χ3n) is 2.79. The van der Waals surface area contributed by atoms with Crippen molar-refractivity contribution in [3.63, 3.8) is 0 Å². The summed E-state index contributed by atoms with van der Waals surface area (Å²) >= 11 is 1.63. The van der Waals surface area contributed by atoms with Crippen molar-refractivity contribution >= 4 is 11.3 Å². The molecule has 0 spiro atoms. The Bertz CT molecular complexity index is 344. The van der Waals surface area contributed by atoms with Gasteiger partial charge in [-0.1, -0.05) is 20.8 Å². The van der Waals surface area contributed by atoms with Crippen molar-refractivity contribution in [2.24, 2.45) is 0 Å². The van der Waals surface area contributed by atoms with E-state index in [-0.39, 0.29) is 17.4 Å². The number of nitrogens with zero attached hydrogens (tertiary/aromatic N) is 1. The van der Waals surface area contributed by atoms with Crippen molar-refractivity contribution in [2.75, 3.05) is 19.8 Å². The van der Waals surface area contributed by atoms with Crippen molar-refractivity contribution in [1.82, 2.24) is 4.98 Å². The zero-order valence-corrected chi connectivity index (χ0v) is 10.2. The van der Waals surface area contributed by atoms with Gasteiger partial charge >= 0.3 is 0 Å². The monoisotopic (exact) mass is 227 g/mol. The smallest absolute Gasteiger partial charge is 0.106 e. The van der Waals surface area contributed by atoms with E-state index in [4.69, 9.17) is 4.74 Å². The van der Waals surface area contributed by atoms with Crippen LogP contribution in [0.1, 0.15) is 31.5 Å². The number of aliphatic hydroxyl groups is 1. The van der Waals surface area contributed by atoms with E-state index in [9.17, 15) is 5.11 Å². The fourth-order valence-electron chi connectivity index (χ4n) is 1.49. The highest BCUT2D eigenvalue weighted by Gasteiger charge is 2.43. The molecule has 3 nitrogen and oxygen atoms in total. The Morgan fingerprint density at radius 1 is 1.53 bits per heavy atom. The first-order valence-corrected chi connectivity index (χ1v) is 6.01. The topological polar surface area (TPSA) is 42.4 Å². The fraction of sp³-hybridized carbons (Fsp3) is 0.727. The molecule has 1 fully saturated rings. The van der Waals surface area contributed by atoms with Crippen LogP contribution in [0, 0.1) is 0 Å². The summed E-state index contributed by atoms with van der Waals surface area (Å²) in [7, 11) is 0. The van der Waals surface area contributed by atoms with Crippen LogP contribution in [0.25, 0.3) is 0 Å². The normalized spacial score (nSPS) is 20.0. The van der Waals surface area contributed by atoms with E-state index in [1.807, 2.05) is 0 Å². The lowest BCUT2D eigenvalue weighted by Crippen LogP contribution is -2.49. The van der Waals surface area contributed by atoms with Crippen molar-refractivity contribution < 1.29 is 9.84 Å². The molecule has 0 amide bonds. The van der Waals surface area contributed by atoms with E-state index in [2.05, 4.69) is 31.1 Å². The zero-order chi connectivity index (χ0) is 11.1. The molecule has 0 atom stereocenters. The highest BCUT2D eigenvalue weighted by Crippen LogP contribution is 2.36. The molecule has 2 heterocycles. The van der Waals surface area contributed by atoms with Gasteiger partial charge in [0, 0.05) is 10.8 Å². The molecule has 84 valence electrons. The van der Waals surface area contributed by atoms with Crippen molar-refractivity contribution in [3.05, 3.63) is 16.1 Å². The summed E-state index contributed by atoms with van der Waals surface area (Å²) in [4.78, 5) is 4.63. The number of aliphatic hydroxyl groups excluding tert-OH is 1. The average molecular weight is 227 g/mol. The minimum absolute atomic E-state index is 0.0794. The number of hydrogen-bond donors (Lipinski definition) is 1. The summed E-state index contributed by atoms with van der Waals surface area (Å²) in [5.41, 5.74) is 0.965. The Morgan fingerprint density at radius 2 is 2.20 bits per heavy atom. The summed E-state index contributed by atoms with van der Waals surface area (Å²) in [6.07, 6.45) is 0. The standard InChI is InChI=1S/C11H17NO2S/c1-10(2,3)8-4-15-9(12-8)11(5-13)6-14-7-11/h4,13H,5-7H2,1-3H3. The number of rotatable bonds is 2. The molecular formula is C11H17NO2S. The molecule has 2 rings (SSSR count). The van der Waals surface area contributed by atoms with Gasteiger partial charge in [-0.3, -0.25) is 0 Å². The second-order valence-corrected chi connectivity index (χ2v) is 6.08. The Labute approximate surface area is 94.1 Å². The fourth-order valence-corrected chi connectivity index (χ4v) is 2.71. The zero-order valence-electron chi connectivity index (χ0n) is 9.41. The van der Waals surface area contributed by atoms with E-state index in [0.29, 0.717) is 13.2 Å². The molecule has 1 aliphatic rings. The molecule has 4 heteroatoms. The minimum Gasteiger partial charge on any atom is -0.395 e. The SMILES string of the molecule is CC(C)(C)c1csc(C2(CO)COC2)n1. The van der Waals surface area contributed by atoms with Gasteiger partial charge in [-0.15, -0.1) is 11.3 Å². The van der Waals surface area contributed by atoms with E-state index in [1.54, 1.807) is 11.3 Å². The van der Waals surface area contributed by atoms with E-state index < -0.39 is 0 Å². The Hall–Kier alpha value is -0.450. The van der Waals surface area contributed by atoms with Crippen LogP contribution in [0.4, 0.5) is 0 Å². The van der Waals surface area contributed by atoms with Crippen molar-refractivity contribution in [3.8, 4) is 0 Å². The molecule has 0 aromatic carbocycles. The maximum Gasteiger partial charge on any atom is 0.106 e. The van der Waals surface area contributed by atoms with Crippen molar-refractivity contribution in [1.29, 1.82) is 0 Å². The first-order valence-electron chi connectivity index (χ1n) is 5.13.